The predicted octanol–water partition coefficient (Wildman–Crippen LogP) is 3.05. The van der Waals surface area contributed by atoms with Gasteiger partial charge in [-0.3, -0.25) is 0 Å². The number of hydrogen-bond acceptors (Lipinski definition) is 6. The molecule has 0 aliphatic heterocycles. The second-order valence-electron chi connectivity index (χ2n) is 5.34. The van der Waals surface area contributed by atoms with Crippen LogP contribution in [0.2, 0.25) is 0 Å². The highest BCUT2D eigenvalue weighted by molar-refractivity contribution is 5.97. The molecule has 2 aromatic rings. The molecule has 1 aromatic heterocycles. The van der Waals surface area contributed by atoms with Crippen molar-refractivity contribution in [3.63, 3.8) is 0 Å². The lowest BCUT2D eigenvalue weighted by Gasteiger charge is -2.04. The molecule has 0 saturated heterocycles. The van der Waals surface area contributed by atoms with E-state index in [0.717, 1.165) is 11.1 Å². The molecular formula is C19H17NO6. The quantitative estimate of drug-likeness (QED) is 0.352. The summed E-state index contributed by atoms with van der Waals surface area (Å²) in [5.41, 5.74) is 1.44. The van der Waals surface area contributed by atoms with E-state index in [1.165, 1.54) is 19.3 Å². The van der Waals surface area contributed by atoms with E-state index in [0.29, 0.717) is 11.5 Å². The Hall–Kier alpha value is -3.37. The molecule has 0 amide bonds. The molecule has 1 N–H and O–H groups in total. The molecule has 0 aliphatic carbocycles. The minimum atomic E-state index is -1.01. The van der Waals surface area contributed by atoms with Crippen molar-refractivity contribution in [3.05, 3.63) is 52.8 Å². The summed E-state index contributed by atoms with van der Waals surface area (Å²) in [6, 6.07) is 9.75. The van der Waals surface area contributed by atoms with Gasteiger partial charge in [0.1, 0.15) is 29.8 Å². The number of benzene rings is 1. The SMILES string of the molecule is COCCOC(=O)/C(C#N)=C/c1ccc(-c2ccc(C(=O)O)cc2C)o1. The zero-order chi connectivity index (χ0) is 19.1. The minimum absolute atomic E-state index is 0.0485. The average molecular weight is 355 g/mol. The van der Waals surface area contributed by atoms with Gasteiger partial charge < -0.3 is 19.0 Å². The molecule has 0 aliphatic rings. The second-order valence-corrected chi connectivity index (χ2v) is 5.34. The Labute approximate surface area is 150 Å². The number of nitrogens with zero attached hydrogens (tertiary/aromatic N) is 1. The third-order valence-corrected chi connectivity index (χ3v) is 3.51. The number of carboxylic acids is 1. The van der Waals surface area contributed by atoms with Gasteiger partial charge in [0.2, 0.25) is 0 Å². The van der Waals surface area contributed by atoms with Crippen LogP contribution < -0.4 is 0 Å². The zero-order valence-corrected chi connectivity index (χ0v) is 14.3. The highest BCUT2D eigenvalue weighted by Crippen LogP contribution is 2.27. The van der Waals surface area contributed by atoms with Crippen molar-refractivity contribution < 1.29 is 28.6 Å². The summed E-state index contributed by atoms with van der Waals surface area (Å²) in [5.74, 6) is -0.962. The van der Waals surface area contributed by atoms with Crippen LogP contribution in [0.4, 0.5) is 0 Å². The molecule has 2 rings (SSSR count). The smallest absolute Gasteiger partial charge is 0.349 e. The third kappa shape index (κ3) is 4.59. The predicted molar refractivity (Wildman–Crippen MR) is 92.3 cm³/mol. The fourth-order valence-corrected chi connectivity index (χ4v) is 2.22. The highest BCUT2D eigenvalue weighted by atomic mass is 16.6. The van der Waals surface area contributed by atoms with Gasteiger partial charge in [-0.1, -0.05) is 6.07 Å². The maximum absolute atomic E-state index is 11.8. The van der Waals surface area contributed by atoms with Crippen LogP contribution in [0, 0.1) is 18.3 Å². The number of hydrogen-bond donors (Lipinski definition) is 1. The number of methoxy groups -OCH3 is 1. The number of carbonyl (C=O) groups excluding carboxylic acids is 1. The van der Waals surface area contributed by atoms with Gasteiger partial charge in [0.05, 0.1) is 12.2 Å². The van der Waals surface area contributed by atoms with Crippen molar-refractivity contribution in [2.45, 2.75) is 6.92 Å². The average Bonchev–Trinajstić information content (AvgIpc) is 3.07. The minimum Gasteiger partial charge on any atom is -0.478 e. The second kappa shape index (κ2) is 8.65. The lowest BCUT2D eigenvalue weighted by Crippen LogP contribution is -2.11. The Morgan fingerprint density at radius 1 is 1.27 bits per heavy atom. The first kappa shape index (κ1) is 19.0. The first-order valence-corrected chi connectivity index (χ1v) is 7.68. The number of esters is 1. The molecule has 0 atom stereocenters. The van der Waals surface area contributed by atoms with E-state index in [-0.39, 0.29) is 24.4 Å². The van der Waals surface area contributed by atoms with E-state index >= 15 is 0 Å². The Balaban J connectivity index is 2.22. The van der Waals surface area contributed by atoms with Gasteiger partial charge in [-0.15, -0.1) is 0 Å². The number of aryl methyl sites for hydroxylation is 1. The summed E-state index contributed by atoms with van der Waals surface area (Å²) in [5, 5.41) is 18.1. The standard InChI is InChI=1S/C19H17NO6/c1-12-9-13(18(21)22)3-5-16(12)17-6-4-15(26-17)10-14(11-20)19(23)25-8-7-24-2/h3-6,9-10H,7-8H2,1-2H3,(H,21,22)/b14-10+. The van der Waals surface area contributed by atoms with Crippen LogP contribution in [-0.2, 0) is 14.3 Å². The number of carboxylic acid groups (broad SMARTS) is 1. The number of furan rings is 1. The van der Waals surface area contributed by atoms with Crippen LogP contribution in [0.5, 0.6) is 0 Å². The van der Waals surface area contributed by atoms with Crippen molar-refractivity contribution in [2.75, 3.05) is 20.3 Å². The number of ether oxygens (including phenoxy) is 2. The molecular weight excluding hydrogens is 338 g/mol. The van der Waals surface area contributed by atoms with Gasteiger partial charge >= 0.3 is 11.9 Å². The van der Waals surface area contributed by atoms with E-state index in [1.807, 2.05) is 0 Å². The van der Waals surface area contributed by atoms with Crippen molar-refractivity contribution in [1.29, 1.82) is 5.26 Å². The monoisotopic (exact) mass is 355 g/mol. The Bertz CT molecular complexity index is 888. The summed E-state index contributed by atoms with van der Waals surface area (Å²) in [6.07, 6.45) is 1.29. The maximum atomic E-state index is 11.8. The maximum Gasteiger partial charge on any atom is 0.349 e. The van der Waals surface area contributed by atoms with E-state index in [9.17, 15) is 9.59 Å². The molecule has 0 fully saturated rings. The summed E-state index contributed by atoms with van der Waals surface area (Å²) in [6.45, 7) is 2.06. The van der Waals surface area contributed by atoms with Gasteiger partial charge in [-0.25, -0.2) is 9.59 Å². The third-order valence-electron chi connectivity index (χ3n) is 3.51. The van der Waals surface area contributed by atoms with E-state index < -0.39 is 11.9 Å². The first-order chi connectivity index (χ1) is 12.5. The molecule has 0 bridgehead atoms. The van der Waals surface area contributed by atoms with Crippen LogP contribution in [0.3, 0.4) is 0 Å². The van der Waals surface area contributed by atoms with E-state index in [2.05, 4.69) is 0 Å². The van der Waals surface area contributed by atoms with E-state index in [4.69, 9.17) is 24.3 Å². The summed E-state index contributed by atoms with van der Waals surface area (Å²) in [4.78, 5) is 22.8. The first-order valence-electron chi connectivity index (χ1n) is 7.68. The molecule has 7 nitrogen and oxygen atoms in total. The Kier molecular flexibility index (Phi) is 6.31. The Morgan fingerprint density at radius 3 is 2.65 bits per heavy atom. The van der Waals surface area contributed by atoms with Crippen molar-refractivity contribution in [2.24, 2.45) is 0 Å². The normalized spacial score (nSPS) is 11.0. The van der Waals surface area contributed by atoms with E-state index in [1.54, 1.807) is 37.3 Å². The zero-order valence-electron chi connectivity index (χ0n) is 14.3. The number of rotatable bonds is 7. The van der Waals surface area contributed by atoms with Gasteiger partial charge in [-0.2, -0.15) is 5.26 Å². The van der Waals surface area contributed by atoms with Gasteiger partial charge in [0.25, 0.3) is 0 Å². The summed E-state index contributed by atoms with van der Waals surface area (Å²) in [7, 11) is 1.48. The highest BCUT2D eigenvalue weighted by Gasteiger charge is 2.14. The molecule has 0 unspecified atom stereocenters. The largest absolute Gasteiger partial charge is 0.478 e. The van der Waals surface area contributed by atoms with Gasteiger partial charge in [-0.05, 0) is 36.8 Å². The number of nitriles is 1. The Morgan fingerprint density at radius 2 is 2.04 bits per heavy atom. The number of carbonyl (C=O) groups is 2. The van der Waals surface area contributed by atoms with Crippen LogP contribution >= 0.6 is 0 Å². The van der Waals surface area contributed by atoms with Crippen molar-refractivity contribution in [3.8, 4) is 17.4 Å². The summed E-state index contributed by atoms with van der Waals surface area (Å²) < 4.78 is 15.3. The lowest BCUT2D eigenvalue weighted by molar-refractivity contribution is -0.139. The van der Waals surface area contributed by atoms with Crippen LogP contribution in [0.15, 0.2) is 40.3 Å². The fourth-order valence-electron chi connectivity index (χ4n) is 2.22. The molecule has 134 valence electrons. The molecule has 7 heteroatoms. The van der Waals surface area contributed by atoms with Crippen LogP contribution in [0.25, 0.3) is 17.4 Å². The summed E-state index contributed by atoms with van der Waals surface area (Å²) >= 11 is 0. The van der Waals surface area contributed by atoms with Crippen molar-refractivity contribution in [1.82, 2.24) is 0 Å². The van der Waals surface area contributed by atoms with Crippen molar-refractivity contribution >= 4 is 18.0 Å². The molecule has 0 saturated carbocycles. The molecule has 1 heterocycles. The molecule has 1 aromatic carbocycles. The molecule has 26 heavy (non-hydrogen) atoms. The van der Waals surface area contributed by atoms with Crippen LogP contribution in [0.1, 0.15) is 21.7 Å². The molecule has 0 radical (unpaired) electrons. The van der Waals surface area contributed by atoms with Gasteiger partial charge in [0.15, 0.2) is 0 Å². The topological polar surface area (TPSA) is 110 Å². The fraction of sp³-hybridized carbons (Fsp3) is 0.211. The number of aromatic carboxylic acids is 1. The van der Waals surface area contributed by atoms with Gasteiger partial charge in [0, 0.05) is 18.7 Å². The van der Waals surface area contributed by atoms with Crippen LogP contribution in [-0.4, -0.2) is 37.4 Å². The molecule has 0 spiro atoms. The lowest BCUT2D eigenvalue weighted by atomic mass is 10.0.